The van der Waals surface area contributed by atoms with Gasteiger partial charge in [0.15, 0.2) is 0 Å². The number of halogens is 3. The molecule has 2 N–H and O–H groups in total. The van der Waals surface area contributed by atoms with E-state index in [0.29, 0.717) is 11.6 Å². The van der Waals surface area contributed by atoms with Gasteiger partial charge in [-0.2, -0.15) is 13.2 Å². The van der Waals surface area contributed by atoms with Gasteiger partial charge in [0, 0.05) is 37.1 Å². The van der Waals surface area contributed by atoms with Crippen molar-refractivity contribution in [2.45, 2.75) is 38.5 Å². The molecule has 0 aliphatic carbocycles. The number of carbonyl (C=O) groups is 1. The van der Waals surface area contributed by atoms with E-state index in [-0.39, 0.29) is 5.63 Å². The third-order valence-electron chi connectivity index (χ3n) is 5.67. The van der Waals surface area contributed by atoms with Gasteiger partial charge in [0.2, 0.25) is 0 Å². The molecule has 2 aromatic carbocycles. The molecule has 0 radical (unpaired) electrons. The number of hydrogen-bond acceptors (Lipinski definition) is 6. The fourth-order valence-electron chi connectivity index (χ4n) is 3.80. The van der Waals surface area contributed by atoms with E-state index in [0.717, 1.165) is 49.3 Å². The average Bonchev–Trinajstić information content (AvgIpc) is 2.81. The quantitative estimate of drug-likeness (QED) is 0.494. The van der Waals surface area contributed by atoms with E-state index < -0.39 is 12.1 Å². The first-order valence-electron chi connectivity index (χ1n) is 11.0. The van der Waals surface area contributed by atoms with Crippen LogP contribution < -0.4 is 15.7 Å². The van der Waals surface area contributed by atoms with Gasteiger partial charge >= 0.3 is 17.8 Å². The van der Waals surface area contributed by atoms with E-state index in [1.54, 1.807) is 25.3 Å². The minimum absolute atomic E-state index is 0.336. The Labute approximate surface area is 200 Å². The normalized spacial score (nSPS) is 14.8. The number of hydrogen-bond donors (Lipinski definition) is 2. The predicted molar refractivity (Wildman–Crippen MR) is 126 cm³/mol. The van der Waals surface area contributed by atoms with E-state index in [4.69, 9.17) is 19.1 Å². The molecule has 188 valence electrons. The second kappa shape index (κ2) is 11.3. The van der Waals surface area contributed by atoms with Gasteiger partial charge in [0.05, 0.1) is 12.8 Å². The number of anilines is 1. The van der Waals surface area contributed by atoms with Crippen LogP contribution in [-0.2, 0) is 11.3 Å². The van der Waals surface area contributed by atoms with Crippen LogP contribution in [0, 0.1) is 6.92 Å². The zero-order valence-electron chi connectivity index (χ0n) is 19.4. The maximum absolute atomic E-state index is 11.9. The molecule has 1 aromatic heterocycles. The summed E-state index contributed by atoms with van der Waals surface area (Å²) in [6.07, 6.45) is -3.00. The Balaban J connectivity index is 0.000000429. The standard InChI is InChI=1S/C23H26N2O3.C2HF3O2/c1-16-3-5-17(6-4-16)15-25-11-9-18(10-12-25)24-21-14-23(26)28-22-8-7-19(27-2)13-20(21)22;3-2(4,5)1(6)7/h3-8,13-14,18,24H,9-12,15H2,1-2H3;(H,6,7). The number of ether oxygens (including phenoxy) is 1. The average molecular weight is 492 g/mol. The van der Waals surface area contributed by atoms with Crippen LogP contribution in [-0.4, -0.2) is 48.4 Å². The molecule has 35 heavy (non-hydrogen) atoms. The number of likely N-dealkylation sites (tertiary alicyclic amines) is 1. The first-order valence-corrected chi connectivity index (χ1v) is 11.0. The summed E-state index contributed by atoms with van der Waals surface area (Å²) >= 11 is 0. The van der Waals surface area contributed by atoms with Crippen molar-refractivity contribution in [2.24, 2.45) is 0 Å². The van der Waals surface area contributed by atoms with Crippen LogP contribution in [0.2, 0.25) is 0 Å². The molecule has 1 saturated heterocycles. The number of rotatable bonds is 5. The van der Waals surface area contributed by atoms with Crippen molar-refractivity contribution in [3.8, 4) is 5.75 Å². The number of carboxylic acid groups (broad SMARTS) is 1. The largest absolute Gasteiger partial charge is 0.497 e. The Morgan fingerprint density at radius 2 is 1.77 bits per heavy atom. The molecule has 0 unspecified atom stereocenters. The monoisotopic (exact) mass is 492 g/mol. The van der Waals surface area contributed by atoms with Crippen LogP contribution in [0.15, 0.2) is 57.7 Å². The van der Waals surface area contributed by atoms with Crippen LogP contribution >= 0.6 is 0 Å². The Hall–Kier alpha value is -3.53. The number of aryl methyl sites for hydroxylation is 1. The predicted octanol–water partition coefficient (Wildman–Crippen LogP) is 4.82. The lowest BCUT2D eigenvalue weighted by Gasteiger charge is -2.33. The van der Waals surface area contributed by atoms with Gasteiger partial charge in [0.1, 0.15) is 11.3 Å². The zero-order valence-corrected chi connectivity index (χ0v) is 19.4. The van der Waals surface area contributed by atoms with Gasteiger partial charge in [-0.15, -0.1) is 0 Å². The van der Waals surface area contributed by atoms with E-state index in [1.807, 2.05) is 6.07 Å². The summed E-state index contributed by atoms with van der Waals surface area (Å²) in [5, 5.41) is 11.6. The minimum Gasteiger partial charge on any atom is -0.497 e. The van der Waals surface area contributed by atoms with Crippen LogP contribution in [0.3, 0.4) is 0 Å². The highest BCUT2D eigenvalue weighted by atomic mass is 19.4. The van der Waals surface area contributed by atoms with Crippen molar-refractivity contribution in [3.05, 3.63) is 70.1 Å². The lowest BCUT2D eigenvalue weighted by atomic mass is 10.0. The molecule has 0 amide bonds. The highest BCUT2D eigenvalue weighted by Crippen LogP contribution is 2.28. The highest BCUT2D eigenvalue weighted by Gasteiger charge is 2.38. The molecule has 4 rings (SSSR count). The molecule has 0 bridgehead atoms. The molecule has 0 spiro atoms. The molecular weight excluding hydrogens is 465 g/mol. The zero-order chi connectivity index (χ0) is 25.6. The molecule has 10 heteroatoms. The van der Waals surface area contributed by atoms with Crippen molar-refractivity contribution < 1.29 is 32.2 Å². The Morgan fingerprint density at radius 3 is 2.34 bits per heavy atom. The summed E-state index contributed by atoms with van der Waals surface area (Å²) < 4.78 is 42.4. The lowest BCUT2D eigenvalue weighted by molar-refractivity contribution is -0.192. The van der Waals surface area contributed by atoms with Gasteiger partial charge in [-0.25, -0.2) is 9.59 Å². The second-order valence-corrected chi connectivity index (χ2v) is 8.32. The van der Waals surface area contributed by atoms with Crippen molar-refractivity contribution in [3.63, 3.8) is 0 Å². The van der Waals surface area contributed by atoms with Crippen molar-refractivity contribution >= 4 is 22.6 Å². The van der Waals surface area contributed by atoms with E-state index in [1.165, 1.54) is 11.1 Å². The second-order valence-electron chi connectivity index (χ2n) is 8.32. The molecule has 1 fully saturated rings. The fourth-order valence-corrected chi connectivity index (χ4v) is 3.80. The van der Waals surface area contributed by atoms with Crippen molar-refractivity contribution in [1.29, 1.82) is 0 Å². The number of nitrogens with zero attached hydrogens (tertiary/aromatic N) is 1. The number of fused-ring (bicyclic) bond motifs is 1. The molecule has 0 saturated carbocycles. The maximum atomic E-state index is 11.9. The third kappa shape index (κ3) is 7.48. The first kappa shape index (κ1) is 26.1. The van der Waals surface area contributed by atoms with Crippen LogP contribution in [0.5, 0.6) is 5.75 Å². The van der Waals surface area contributed by atoms with Gasteiger partial charge < -0.3 is 19.6 Å². The number of piperidine rings is 1. The molecule has 1 aliphatic heterocycles. The molecule has 1 aliphatic rings. The number of alkyl halides is 3. The fraction of sp³-hybridized carbons (Fsp3) is 0.360. The summed E-state index contributed by atoms with van der Waals surface area (Å²) in [4.78, 5) is 23.3. The van der Waals surface area contributed by atoms with Gasteiger partial charge in [-0.05, 0) is 43.5 Å². The molecule has 2 heterocycles. The molecule has 7 nitrogen and oxygen atoms in total. The lowest BCUT2D eigenvalue weighted by Crippen LogP contribution is -2.38. The van der Waals surface area contributed by atoms with Crippen molar-refractivity contribution in [2.75, 3.05) is 25.5 Å². The molecule has 0 atom stereocenters. The number of methoxy groups -OCH3 is 1. The van der Waals surface area contributed by atoms with Crippen molar-refractivity contribution in [1.82, 2.24) is 4.90 Å². The summed E-state index contributed by atoms with van der Waals surface area (Å²) in [6.45, 7) is 5.18. The summed E-state index contributed by atoms with van der Waals surface area (Å²) in [5.74, 6) is -2.01. The van der Waals surface area contributed by atoms with Gasteiger partial charge in [-0.1, -0.05) is 29.8 Å². The summed E-state index contributed by atoms with van der Waals surface area (Å²) in [6, 6.07) is 16.1. The number of aliphatic carboxylic acids is 1. The van der Waals surface area contributed by atoms with E-state index in [9.17, 15) is 18.0 Å². The summed E-state index contributed by atoms with van der Waals surface area (Å²) in [7, 11) is 1.64. The number of benzene rings is 2. The number of carboxylic acids is 1. The SMILES string of the molecule is COc1ccc2oc(=O)cc(NC3CCN(Cc4ccc(C)cc4)CC3)c2c1.O=C(O)C(F)(F)F. The minimum atomic E-state index is -5.08. The molecule has 3 aromatic rings. The number of nitrogens with one attached hydrogen (secondary N) is 1. The Kier molecular flexibility index (Phi) is 8.39. The Bertz CT molecular complexity index is 1200. The van der Waals surface area contributed by atoms with Crippen LogP contribution in [0.4, 0.5) is 18.9 Å². The first-order chi connectivity index (χ1) is 16.5. The molecular formula is C25H27F3N2O5. The smallest absolute Gasteiger partial charge is 0.490 e. The van der Waals surface area contributed by atoms with Crippen LogP contribution in [0.25, 0.3) is 11.0 Å². The maximum Gasteiger partial charge on any atom is 0.490 e. The Morgan fingerprint density at radius 1 is 1.14 bits per heavy atom. The third-order valence-corrected chi connectivity index (χ3v) is 5.67. The highest BCUT2D eigenvalue weighted by molar-refractivity contribution is 5.90. The van der Waals surface area contributed by atoms with Gasteiger partial charge in [-0.3, -0.25) is 4.90 Å². The van der Waals surface area contributed by atoms with Crippen LogP contribution in [0.1, 0.15) is 24.0 Å². The summed E-state index contributed by atoms with van der Waals surface area (Å²) in [5.41, 5.74) is 3.71. The van der Waals surface area contributed by atoms with E-state index in [2.05, 4.69) is 41.4 Å². The van der Waals surface area contributed by atoms with E-state index >= 15 is 0 Å². The topological polar surface area (TPSA) is 92.0 Å². The van der Waals surface area contributed by atoms with Gasteiger partial charge in [0.25, 0.3) is 0 Å².